The number of halogens is 1. The summed E-state index contributed by atoms with van der Waals surface area (Å²) in [4.78, 5) is 13.9. The highest BCUT2D eigenvalue weighted by Crippen LogP contribution is 2.36. The summed E-state index contributed by atoms with van der Waals surface area (Å²) in [5, 5.41) is 16.3. The van der Waals surface area contributed by atoms with Crippen molar-refractivity contribution in [2.24, 2.45) is 0 Å². The van der Waals surface area contributed by atoms with Crippen LogP contribution in [0.25, 0.3) is 0 Å². The maximum atomic E-state index is 13.4. The van der Waals surface area contributed by atoms with E-state index in [0.717, 1.165) is 28.0 Å². The summed E-state index contributed by atoms with van der Waals surface area (Å²) < 4.78 is 33.8. The minimum atomic E-state index is -4.21. The monoisotopic (exact) mass is 511 g/mol. The number of anilines is 2. The van der Waals surface area contributed by atoms with Crippen LogP contribution in [0, 0.1) is 34.6 Å². The van der Waals surface area contributed by atoms with Crippen LogP contribution in [-0.4, -0.2) is 31.2 Å². The first-order valence-corrected chi connectivity index (χ1v) is 12.8. The van der Waals surface area contributed by atoms with Crippen LogP contribution in [0.4, 0.5) is 11.6 Å². The summed E-state index contributed by atoms with van der Waals surface area (Å²) in [5.74, 6) is -0.987. The average Bonchev–Trinajstić information content (AvgIpc) is 3.22. The zero-order valence-electron chi connectivity index (χ0n) is 19.2. The number of carbonyl (C=O) groups is 1. The number of amides is 1. The predicted octanol–water partition coefficient (Wildman–Crippen LogP) is 5.08. The van der Waals surface area contributed by atoms with Gasteiger partial charge < -0.3 is 14.9 Å². The van der Waals surface area contributed by atoms with Crippen LogP contribution in [0.3, 0.4) is 0 Å². The molecule has 33 heavy (non-hydrogen) atoms. The van der Waals surface area contributed by atoms with Crippen LogP contribution in [0.5, 0.6) is 0 Å². The van der Waals surface area contributed by atoms with Crippen molar-refractivity contribution in [1.82, 2.24) is 5.16 Å². The molecular formula is C22H26ClN3O5S2. The molecule has 178 valence electrons. The van der Waals surface area contributed by atoms with Crippen molar-refractivity contribution in [1.29, 1.82) is 0 Å². The molecule has 0 saturated heterocycles. The Labute approximate surface area is 202 Å². The molecule has 1 amide bonds. The number of aliphatic hydroxyl groups excluding tert-OH is 1. The van der Waals surface area contributed by atoms with Gasteiger partial charge in [-0.25, -0.2) is 13.1 Å². The lowest BCUT2D eigenvalue weighted by atomic mass is 9.95. The second kappa shape index (κ2) is 9.46. The largest absolute Gasteiger partial charge is 0.396 e. The number of sulfonamides is 1. The van der Waals surface area contributed by atoms with E-state index in [1.54, 1.807) is 20.8 Å². The van der Waals surface area contributed by atoms with Crippen LogP contribution >= 0.6 is 22.9 Å². The van der Waals surface area contributed by atoms with Crippen LogP contribution in [0.1, 0.15) is 55.3 Å². The fourth-order valence-corrected chi connectivity index (χ4v) is 6.52. The Kier molecular flexibility index (Phi) is 7.23. The van der Waals surface area contributed by atoms with Gasteiger partial charge in [0.15, 0.2) is 0 Å². The SMILES string of the molecule is Cc1cc(C)c(NC(=O)c2sc(C)c(C)c2S(=O)(=O)Nc2onc(C)c2Cl)c(C(C)CO)c1. The lowest BCUT2D eigenvalue weighted by Gasteiger charge is -2.19. The van der Waals surface area contributed by atoms with Crippen molar-refractivity contribution < 1.29 is 22.8 Å². The van der Waals surface area contributed by atoms with E-state index in [0.29, 0.717) is 21.8 Å². The third-order valence-corrected chi connectivity index (χ3v) is 8.66. The van der Waals surface area contributed by atoms with Gasteiger partial charge in [0, 0.05) is 23.1 Å². The van der Waals surface area contributed by atoms with E-state index in [9.17, 15) is 18.3 Å². The molecule has 11 heteroatoms. The number of hydrogen-bond acceptors (Lipinski definition) is 7. The quantitative estimate of drug-likeness (QED) is 0.406. The van der Waals surface area contributed by atoms with Crippen molar-refractivity contribution >= 4 is 50.4 Å². The lowest BCUT2D eigenvalue weighted by Crippen LogP contribution is -2.20. The number of carbonyl (C=O) groups excluding carboxylic acids is 1. The Morgan fingerprint density at radius 2 is 1.91 bits per heavy atom. The number of aryl methyl sites for hydroxylation is 4. The van der Waals surface area contributed by atoms with Gasteiger partial charge in [0.25, 0.3) is 21.8 Å². The van der Waals surface area contributed by atoms with Gasteiger partial charge in [-0.2, -0.15) is 0 Å². The summed E-state index contributed by atoms with van der Waals surface area (Å²) in [6, 6.07) is 3.82. The van der Waals surface area contributed by atoms with Crippen molar-refractivity contribution in [3.63, 3.8) is 0 Å². The second-order valence-electron chi connectivity index (χ2n) is 8.04. The highest BCUT2D eigenvalue weighted by Gasteiger charge is 2.31. The molecule has 0 spiro atoms. The first-order chi connectivity index (χ1) is 15.4. The Balaban J connectivity index is 2.05. The number of aromatic nitrogens is 1. The molecule has 0 aliphatic rings. The third kappa shape index (κ3) is 4.93. The van der Waals surface area contributed by atoms with E-state index < -0.39 is 15.9 Å². The van der Waals surface area contributed by atoms with Crippen molar-refractivity contribution in [2.45, 2.75) is 52.4 Å². The standard InChI is InChI=1S/C22H26ClN3O5S2/c1-10-7-11(2)18(16(8-10)12(3)9-27)24-21(28)19-20(13(4)15(6)32-19)33(29,30)26-22-17(23)14(5)25-31-22/h7-8,12,26-27H,9H2,1-6H3,(H,24,28). The summed E-state index contributed by atoms with van der Waals surface area (Å²) in [5.41, 5.74) is 3.94. The fourth-order valence-electron chi connectivity index (χ4n) is 3.50. The third-order valence-electron chi connectivity index (χ3n) is 5.38. The molecule has 3 rings (SSSR count). The van der Waals surface area contributed by atoms with Crippen molar-refractivity contribution in [2.75, 3.05) is 16.6 Å². The van der Waals surface area contributed by atoms with Crippen molar-refractivity contribution in [3.05, 3.63) is 54.9 Å². The van der Waals surface area contributed by atoms with Gasteiger partial charge in [-0.1, -0.05) is 41.4 Å². The van der Waals surface area contributed by atoms with Gasteiger partial charge in [-0.15, -0.1) is 11.3 Å². The molecule has 2 aromatic heterocycles. The number of thiophene rings is 1. The molecule has 2 heterocycles. The zero-order chi connectivity index (χ0) is 24.7. The molecule has 1 atom stereocenters. The van der Waals surface area contributed by atoms with Gasteiger partial charge in [0.1, 0.15) is 20.5 Å². The highest BCUT2D eigenvalue weighted by molar-refractivity contribution is 7.93. The van der Waals surface area contributed by atoms with E-state index in [-0.39, 0.29) is 33.2 Å². The van der Waals surface area contributed by atoms with E-state index in [1.807, 2.05) is 32.9 Å². The molecule has 0 bridgehead atoms. The molecule has 0 saturated carbocycles. The fraction of sp³-hybridized carbons (Fsp3) is 0.364. The van der Waals surface area contributed by atoms with Gasteiger partial charge >= 0.3 is 0 Å². The lowest BCUT2D eigenvalue weighted by molar-refractivity contribution is 0.102. The van der Waals surface area contributed by atoms with E-state index >= 15 is 0 Å². The van der Waals surface area contributed by atoms with Gasteiger partial charge in [0.05, 0.1) is 0 Å². The van der Waals surface area contributed by atoms with Crippen LogP contribution in [-0.2, 0) is 10.0 Å². The van der Waals surface area contributed by atoms with E-state index in [2.05, 4.69) is 15.2 Å². The molecule has 8 nitrogen and oxygen atoms in total. The number of benzene rings is 1. The Bertz CT molecular complexity index is 1330. The van der Waals surface area contributed by atoms with Gasteiger partial charge in [0.2, 0.25) is 0 Å². The molecule has 0 aliphatic carbocycles. The summed E-state index contributed by atoms with van der Waals surface area (Å²) in [7, 11) is -4.21. The molecule has 1 unspecified atom stereocenters. The van der Waals surface area contributed by atoms with Crippen LogP contribution in [0.2, 0.25) is 5.02 Å². The Morgan fingerprint density at radius 1 is 1.24 bits per heavy atom. The molecule has 0 aliphatic heterocycles. The van der Waals surface area contributed by atoms with Gasteiger partial charge in [-0.05, 0) is 51.3 Å². The maximum Gasteiger partial charge on any atom is 0.267 e. The number of hydrogen-bond donors (Lipinski definition) is 3. The summed E-state index contributed by atoms with van der Waals surface area (Å²) >= 11 is 7.15. The topological polar surface area (TPSA) is 122 Å². The van der Waals surface area contributed by atoms with E-state index in [4.69, 9.17) is 16.1 Å². The Morgan fingerprint density at radius 3 is 2.48 bits per heavy atom. The number of nitrogens with zero attached hydrogens (tertiary/aromatic N) is 1. The van der Waals surface area contributed by atoms with Crippen LogP contribution in [0.15, 0.2) is 21.6 Å². The maximum absolute atomic E-state index is 13.4. The molecular weight excluding hydrogens is 486 g/mol. The minimum Gasteiger partial charge on any atom is -0.396 e. The average molecular weight is 512 g/mol. The minimum absolute atomic E-state index is 0.0347. The first-order valence-electron chi connectivity index (χ1n) is 10.1. The molecule has 1 aromatic carbocycles. The van der Waals surface area contributed by atoms with E-state index in [1.165, 1.54) is 0 Å². The molecule has 3 aromatic rings. The summed E-state index contributed by atoms with van der Waals surface area (Å²) in [6.45, 7) is 10.5. The highest BCUT2D eigenvalue weighted by atomic mass is 35.5. The molecule has 3 N–H and O–H groups in total. The van der Waals surface area contributed by atoms with Crippen molar-refractivity contribution in [3.8, 4) is 0 Å². The van der Waals surface area contributed by atoms with Gasteiger partial charge in [-0.3, -0.25) is 4.79 Å². The number of aliphatic hydroxyl groups is 1. The summed E-state index contributed by atoms with van der Waals surface area (Å²) in [6.07, 6.45) is 0. The predicted molar refractivity (Wildman–Crippen MR) is 130 cm³/mol. The normalized spacial score (nSPS) is 12.6. The first kappa shape index (κ1) is 25.2. The smallest absolute Gasteiger partial charge is 0.267 e. The van der Waals surface area contributed by atoms with Crippen LogP contribution < -0.4 is 10.0 Å². The molecule has 0 fully saturated rings. The number of rotatable bonds is 7. The molecule has 0 radical (unpaired) electrons. The second-order valence-corrected chi connectivity index (χ2v) is 11.3. The Hall–Kier alpha value is -2.40. The zero-order valence-corrected chi connectivity index (χ0v) is 21.5. The number of nitrogens with one attached hydrogen (secondary N) is 2.